The minimum Gasteiger partial charge on any atom is -0.495 e. The van der Waals surface area contributed by atoms with Crippen LogP contribution < -0.4 is 4.90 Å². The van der Waals surface area contributed by atoms with Crippen LogP contribution in [0, 0.1) is 10.1 Å². The zero-order chi connectivity index (χ0) is 21.3. The summed E-state index contributed by atoms with van der Waals surface area (Å²) in [7, 11) is 1.42. The van der Waals surface area contributed by atoms with Gasteiger partial charge in [-0.15, -0.1) is 0 Å². The van der Waals surface area contributed by atoms with E-state index in [1.807, 2.05) is 6.07 Å². The second-order valence-electron chi connectivity index (χ2n) is 6.54. The third-order valence-corrected chi connectivity index (χ3v) is 4.81. The third kappa shape index (κ3) is 3.12. The summed E-state index contributed by atoms with van der Waals surface area (Å²) in [5, 5.41) is 11.3. The lowest BCUT2D eigenvalue weighted by atomic mass is 10.0. The first-order valence-electron chi connectivity index (χ1n) is 9.09. The Hall–Kier alpha value is -4.26. The van der Waals surface area contributed by atoms with Crippen molar-refractivity contribution in [2.45, 2.75) is 0 Å². The maximum atomic E-state index is 13.4. The molecule has 0 spiro atoms. The van der Waals surface area contributed by atoms with Gasteiger partial charge in [0.05, 0.1) is 23.3 Å². The Labute approximate surface area is 172 Å². The molecule has 1 aliphatic rings. The highest BCUT2D eigenvalue weighted by atomic mass is 16.6. The molecule has 0 unspecified atom stereocenters. The number of ether oxygens (including phenoxy) is 1. The van der Waals surface area contributed by atoms with E-state index in [1.54, 1.807) is 54.6 Å². The molecule has 0 aromatic heterocycles. The molecule has 3 aromatic carbocycles. The number of hydrogen-bond donors (Lipinski definition) is 0. The van der Waals surface area contributed by atoms with Gasteiger partial charge in [-0.25, -0.2) is 4.90 Å². The molecule has 0 saturated carbocycles. The van der Waals surface area contributed by atoms with Crippen LogP contribution in [0.5, 0.6) is 0 Å². The van der Waals surface area contributed by atoms with Gasteiger partial charge in [0.15, 0.2) is 0 Å². The molecule has 0 radical (unpaired) electrons. The Balaban J connectivity index is 1.96. The zero-order valence-electron chi connectivity index (χ0n) is 15.9. The van der Waals surface area contributed by atoms with Crippen molar-refractivity contribution in [2.24, 2.45) is 0 Å². The van der Waals surface area contributed by atoms with E-state index < -0.39 is 16.7 Å². The van der Waals surface area contributed by atoms with Crippen molar-refractivity contribution >= 4 is 34.5 Å². The monoisotopic (exact) mass is 400 g/mol. The van der Waals surface area contributed by atoms with Crippen LogP contribution in [0.15, 0.2) is 78.9 Å². The first-order chi connectivity index (χ1) is 14.5. The average molecular weight is 400 g/mol. The van der Waals surface area contributed by atoms with E-state index in [2.05, 4.69) is 0 Å². The molecule has 7 nitrogen and oxygen atoms in total. The first kappa shape index (κ1) is 19.1. The Morgan fingerprint density at radius 1 is 0.933 bits per heavy atom. The van der Waals surface area contributed by atoms with Gasteiger partial charge in [-0.3, -0.25) is 19.7 Å². The van der Waals surface area contributed by atoms with Gasteiger partial charge in [0.2, 0.25) is 0 Å². The summed E-state index contributed by atoms with van der Waals surface area (Å²) in [6.07, 6.45) is 0. The fourth-order valence-corrected chi connectivity index (χ4v) is 3.45. The lowest BCUT2D eigenvalue weighted by Crippen LogP contribution is -2.33. The number of rotatable bonds is 4. The molecule has 1 heterocycles. The molecule has 148 valence electrons. The fourth-order valence-electron chi connectivity index (χ4n) is 3.45. The molecule has 1 aliphatic heterocycles. The van der Waals surface area contributed by atoms with Crippen LogP contribution in [0.2, 0.25) is 0 Å². The van der Waals surface area contributed by atoms with Crippen molar-refractivity contribution in [1.82, 2.24) is 0 Å². The predicted octanol–water partition coefficient (Wildman–Crippen LogP) is 4.30. The number of hydrogen-bond acceptors (Lipinski definition) is 5. The van der Waals surface area contributed by atoms with E-state index in [0.717, 1.165) is 4.90 Å². The van der Waals surface area contributed by atoms with E-state index in [9.17, 15) is 19.7 Å². The van der Waals surface area contributed by atoms with Gasteiger partial charge < -0.3 is 4.74 Å². The van der Waals surface area contributed by atoms with Crippen LogP contribution in [-0.2, 0) is 9.53 Å². The summed E-state index contributed by atoms with van der Waals surface area (Å²) in [6, 6.07) is 21.3. The van der Waals surface area contributed by atoms with Gasteiger partial charge in [-0.2, -0.15) is 0 Å². The van der Waals surface area contributed by atoms with Crippen LogP contribution >= 0.6 is 0 Å². The Morgan fingerprint density at radius 2 is 1.53 bits per heavy atom. The summed E-state index contributed by atoms with van der Waals surface area (Å²) >= 11 is 0. The molecule has 0 bridgehead atoms. The number of nitro groups is 1. The van der Waals surface area contributed by atoms with Crippen molar-refractivity contribution in [3.05, 3.63) is 106 Å². The van der Waals surface area contributed by atoms with Gasteiger partial charge in [0, 0.05) is 28.8 Å². The second-order valence-corrected chi connectivity index (χ2v) is 6.54. The topological polar surface area (TPSA) is 89.8 Å². The summed E-state index contributed by atoms with van der Waals surface area (Å²) in [6.45, 7) is 0. The molecule has 3 aromatic rings. The number of benzene rings is 3. The van der Waals surface area contributed by atoms with E-state index in [0.29, 0.717) is 11.1 Å². The van der Waals surface area contributed by atoms with Gasteiger partial charge in [0.25, 0.3) is 17.5 Å². The fraction of sp³-hybridized carbons (Fsp3) is 0.0435. The molecular weight excluding hydrogens is 384 g/mol. The van der Waals surface area contributed by atoms with E-state index in [4.69, 9.17) is 4.74 Å². The van der Waals surface area contributed by atoms with Crippen molar-refractivity contribution in [1.29, 1.82) is 0 Å². The standard InChI is InChI=1S/C23H16N2O5/c1-30-21(15-8-4-2-5-9-15)20-18-14-17(25(28)29)12-13-19(18)24(23(20)27)22(26)16-10-6-3-7-11-16/h2-14H,1H3/b21-20+. The molecule has 0 fully saturated rings. The summed E-state index contributed by atoms with van der Waals surface area (Å²) in [5.41, 5.74) is 1.42. The van der Waals surface area contributed by atoms with E-state index in [-0.39, 0.29) is 28.3 Å². The Kier molecular flexibility index (Phi) is 4.85. The zero-order valence-corrected chi connectivity index (χ0v) is 15.9. The third-order valence-electron chi connectivity index (χ3n) is 4.81. The average Bonchev–Trinajstić information content (AvgIpc) is 3.06. The van der Waals surface area contributed by atoms with Crippen LogP contribution in [0.25, 0.3) is 11.3 Å². The minimum absolute atomic E-state index is 0.103. The van der Waals surface area contributed by atoms with Crippen molar-refractivity contribution < 1.29 is 19.2 Å². The smallest absolute Gasteiger partial charge is 0.270 e. The number of anilines is 1. The highest BCUT2D eigenvalue weighted by Gasteiger charge is 2.40. The summed E-state index contributed by atoms with van der Waals surface area (Å²) in [5.74, 6) is -0.875. The van der Waals surface area contributed by atoms with Gasteiger partial charge in [-0.05, 0) is 18.2 Å². The van der Waals surface area contributed by atoms with E-state index in [1.165, 1.54) is 25.3 Å². The van der Waals surface area contributed by atoms with Gasteiger partial charge in [-0.1, -0.05) is 48.5 Å². The summed E-state index contributed by atoms with van der Waals surface area (Å²) < 4.78 is 5.53. The number of nitro benzene ring substituents is 1. The van der Waals surface area contributed by atoms with Crippen molar-refractivity contribution in [3.63, 3.8) is 0 Å². The second kappa shape index (κ2) is 7.63. The number of methoxy groups -OCH3 is 1. The summed E-state index contributed by atoms with van der Waals surface area (Å²) in [4.78, 5) is 38.4. The van der Waals surface area contributed by atoms with Crippen LogP contribution in [-0.4, -0.2) is 23.8 Å². The minimum atomic E-state index is -0.597. The molecule has 0 atom stereocenters. The molecule has 7 heteroatoms. The molecule has 0 aliphatic carbocycles. The molecular formula is C23H16N2O5. The van der Waals surface area contributed by atoms with Gasteiger partial charge in [0.1, 0.15) is 5.76 Å². The molecule has 2 amide bonds. The number of non-ortho nitro benzene ring substituents is 1. The number of fused-ring (bicyclic) bond motifs is 1. The molecule has 4 rings (SSSR count). The highest BCUT2D eigenvalue weighted by Crippen LogP contribution is 2.43. The Morgan fingerprint density at radius 3 is 2.10 bits per heavy atom. The van der Waals surface area contributed by atoms with Crippen molar-refractivity contribution in [3.8, 4) is 0 Å². The molecule has 0 saturated heterocycles. The SMILES string of the molecule is CO/C(=C1/C(=O)N(C(=O)c2ccccc2)c2ccc([N+](=O)[O-])cc21)c1ccccc1. The van der Waals surface area contributed by atoms with E-state index >= 15 is 0 Å². The van der Waals surface area contributed by atoms with Crippen LogP contribution in [0.3, 0.4) is 0 Å². The molecule has 0 N–H and O–H groups in total. The highest BCUT2D eigenvalue weighted by molar-refractivity contribution is 6.44. The van der Waals surface area contributed by atoms with Crippen LogP contribution in [0.4, 0.5) is 11.4 Å². The predicted molar refractivity (Wildman–Crippen MR) is 112 cm³/mol. The quantitative estimate of drug-likeness (QED) is 0.214. The first-order valence-corrected chi connectivity index (χ1v) is 9.09. The number of nitrogens with zero attached hydrogens (tertiary/aromatic N) is 2. The van der Waals surface area contributed by atoms with Crippen LogP contribution in [0.1, 0.15) is 21.5 Å². The number of carbonyl (C=O) groups is 2. The largest absolute Gasteiger partial charge is 0.495 e. The maximum Gasteiger partial charge on any atom is 0.270 e. The molecule has 30 heavy (non-hydrogen) atoms. The van der Waals surface area contributed by atoms with Gasteiger partial charge >= 0.3 is 0 Å². The normalized spacial score (nSPS) is 14.3. The lowest BCUT2D eigenvalue weighted by molar-refractivity contribution is -0.384. The lowest BCUT2D eigenvalue weighted by Gasteiger charge is -2.15. The number of imide groups is 1. The Bertz CT molecular complexity index is 1190. The number of amides is 2. The van der Waals surface area contributed by atoms with Crippen molar-refractivity contribution in [2.75, 3.05) is 12.0 Å². The maximum absolute atomic E-state index is 13.4. The number of carbonyl (C=O) groups excluding carboxylic acids is 2.